The third kappa shape index (κ3) is 5.33. The molecule has 0 spiro atoms. The summed E-state index contributed by atoms with van der Waals surface area (Å²) >= 11 is 0. The zero-order valence-corrected chi connectivity index (χ0v) is 9.85. The number of halogens is 6. The van der Waals surface area contributed by atoms with Gasteiger partial charge in [-0.15, -0.1) is 0 Å². The molecule has 8 heteroatoms. The molecule has 1 rings (SSSR count). The Morgan fingerprint density at radius 1 is 1.05 bits per heavy atom. The van der Waals surface area contributed by atoms with E-state index in [-0.39, 0.29) is 18.2 Å². The van der Waals surface area contributed by atoms with Crippen LogP contribution in [0.15, 0.2) is 36.4 Å². The van der Waals surface area contributed by atoms with Crippen molar-refractivity contribution in [2.75, 3.05) is 6.54 Å². The highest BCUT2D eigenvalue weighted by Crippen LogP contribution is 2.29. The number of amides is 1. The molecule has 0 aliphatic carbocycles. The van der Waals surface area contributed by atoms with E-state index in [4.69, 9.17) is 0 Å². The lowest BCUT2D eigenvalue weighted by Crippen LogP contribution is -2.23. The number of benzene rings is 1. The molecule has 20 heavy (non-hydrogen) atoms. The number of alkyl halides is 6. The first-order valence-corrected chi connectivity index (χ1v) is 5.29. The fourth-order valence-corrected chi connectivity index (χ4v) is 1.26. The van der Waals surface area contributed by atoms with Crippen molar-refractivity contribution in [3.05, 3.63) is 47.5 Å². The molecule has 1 amide bonds. The van der Waals surface area contributed by atoms with Gasteiger partial charge in [0.1, 0.15) is 0 Å². The van der Waals surface area contributed by atoms with Gasteiger partial charge in [-0.1, -0.05) is 6.08 Å². The van der Waals surface area contributed by atoms with Crippen molar-refractivity contribution in [2.24, 2.45) is 0 Å². The molecular weight excluding hydrogens is 288 g/mol. The molecular formula is C12H9F6NO. The van der Waals surface area contributed by atoms with Crippen molar-refractivity contribution in [1.29, 1.82) is 0 Å². The van der Waals surface area contributed by atoms with Crippen LogP contribution in [0.5, 0.6) is 0 Å². The van der Waals surface area contributed by atoms with Gasteiger partial charge in [0.05, 0.1) is 5.56 Å². The number of carbonyl (C=O) groups is 1. The van der Waals surface area contributed by atoms with E-state index in [1.807, 2.05) is 0 Å². The first-order chi connectivity index (χ1) is 9.09. The van der Waals surface area contributed by atoms with E-state index in [9.17, 15) is 31.1 Å². The molecule has 0 heterocycles. The van der Waals surface area contributed by atoms with E-state index in [2.05, 4.69) is 5.32 Å². The summed E-state index contributed by atoms with van der Waals surface area (Å²) in [5.41, 5.74) is -0.982. The zero-order chi connectivity index (χ0) is 15.4. The van der Waals surface area contributed by atoms with Gasteiger partial charge in [0.25, 0.3) is 5.91 Å². The summed E-state index contributed by atoms with van der Waals surface area (Å²) < 4.78 is 72.1. The van der Waals surface area contributed by atoms with E-state index < -0.39 is 23.8 Å². The summed E-state index contributed by atoms with van der Waals surface area (Å²) in [4.78, 5) is 11.4. The predicted molar refractivity (Wildman–Crippen MR) is 59.0 cm³/mol. The van der Waals surface area contributed by atoms with Crippen LogP contribution in [0.2, 0.25) is 0 Å². The molecule has 0 atom stereocenters. The first-order valence-electron chi connectivity index (χ1n) is 5.29. The third-order valence-electron chi connectivity index (χ3n) is 2.16. The van der Waals surface area contributed by atoms with Crippen LogP contribution in [0, 0.1) is 0 Å². The normalized spacial score (nSPS) is 12.7. The number of hydrogen-bond donors (Lipinski definition) is 1. The quantitative estimate of drug-likeness (QED) is 0.671. The Hall–Kier alpha value is -1.99. The van der Waals surface area contributed by atoms with E-state index in [0.29, 0.717) is 6.08 Å². The van der Waals surface area contributed by atoms with Gasteiger partial charge >= 0.3 is 12.4 Å². The van der Waals surface area contributed by atoms with E-state index in [1.54, 1.807) is 0 Å². The lowest BCUT2D eigenvalue weighted by atomic mass is 10.1. The van der Waals surface area contributed by atoms with Gasteiger partial charge in [-0.05, 0) is 24.3 Å². The van der Waals surface area contributed by atoms with Crippen molar-refractivity contribution in [3.8, 4) is 0 Å². The Balaban J connectivity index is 2.59. The number of hydrogen-bond acceptors (Lipinski definition) is 1. The lowest BCUT2D eigenvalue weighted by Gasteiger charge is -2.07. The van der Waals surface area contributed by atoms with Crippen molar-refractivity contribution >= 4 is 5.91 Å². The van der Waals surface area contributed by atoms with Crippen molar-refractivity contribution in [2.45, 2.75) is 12.4 Å². The maximum Gasteiger partial charge on any atom is 0.416 e. The van der Waals surface area contributed by atoms with Crippen molar-refractivity contribution < 1.29 is 31.1 Å². The molecule has 1 N–H and O–H groups in total. The van der Waals surface area contributed by atoms with Crippen LogP contribution >= 0.6 is 0 Å². The number of nitrogens with one attached hydrogen (secondary N) is 1. The summed E-state index contributed by atoms with van der Waals surface area (Å²) in [7, 11) is 0. The fraction of sp³-hybridized carbons (Fsp3) is 0.250. The SMILES string of the molecule is O=C(NC/C=C/C(F)(F)F)c1ccc(C(F)(F)F)cc1. The van der Waals surface area contributed by atoms with Crippen LogP contribution in [0.3, 0.4) is 0 Å². The first kappa shape index (κ1) is 16.1. The van der Waals surface area contributed by atoms with Gasteiger partial charge in [-0.3, -0.25) is 4.79 Å². The molecule has 0 unspecified atom stereocenters. The summed E-state index contributed by atoms with van der Waals surface area (Å²) in [6, 6.07) is 3.35. The standard InChI is InChI=1S/C12H9F6NO/c13-11(14,15)6-1-7-19-10(20)8-2-4-9(5-3-8)12(16,17)18/h1-6H,7H2,(H,19,20)/b6-1+. The molecule has 110 valence electrons. The summed E-state index contributed by atoms with van der Waals surface area (Å²) in [5.74, 6) is -0.759. The minimum atomic E-state index is -4.51. The molecule has 0 aromatic heterocycles. The fourth-order valence-electron chi connectivity index (χ4n) is 1.26. The van der Waals surface area contributed by atoms with Crippen LogP contribution in [0.4, 0.5) is 26.3 Å². The second-order valence-electron chi connectivity index (χ2n) is 3.73. The average molecular weight is 297 g/mol. The molecule has 2 nitrogen and oxygen atoms in total. The molecule has 0 saturated carbocycles. The van der Waals surface area contributed by atoms with E-state index in [1.165, 1.54) is 0 Å². The third-order valence-corrected chi connectivity index (χ3v) is 2.16. The van der Waals surface area contributed by atoms with Gasteiger partial charge in [-0.25, -0.2) is 0 Å². The maximum absolute atomic E-state index is 12.3. The summed E-state index contributed by atoms with van der Waals surface area (Å²) in [6.45, 7) is -0.376. The predicted octanol–water partition coefficient (Wildman–Crippen LogP) is 3.55. The van der Waals surface area contributed by atoms with Crippen LogP contribution < -0.4 is 5.32 Å². The van der Waals surface area contributed by atoms with Gasteiger partial charge in [0.15, 0.2) is 0 Å². The van der Waals surface area contributed by atoms with Gasteiger partial charge in [-0.2, -0.15) is 26.3 Å². The van der Waals surface area contributed by atoms with Crippen LogP contribution in [-0.2, 0) is 6.18 Å². The largest absolute Gasteiger partial charge is 0.416 e. The smallest absolute Gasteiger partial charge is 0.349 e. The van der Waals surface area contributed by atoms with Gasteiger partial charge in [0, 0.05) is 18.2 Å². The minimum absolute atomic E-state index is 0.0416. The Bertz CT molecular complexity index is 486. The van der Waals surface area contributed by atoms with Crippen LogP contribution in [-0.4, -0.2) is 18.6 Å². The van der Waals surface area contributed by atoms with Crippen LogP contribution in [0.25, 0.3) is 0 Å². The minimum Gasteiger partial charge on any atom is -0.349 e. The highest BCUT2D eigenvalue weighted by atomic mass is 19.4. The van der Waals surface area contributed by atoms with Crippen molar-refractivity contribution in [3.63, 3.8) is 0 Å². The molecule has 0 aliphatic rings. The second-order valence-corrected chi connectivity index (χ2v) is 3.73. The molecule has 0 aliphatic heterocycles. The summed E-state index contributed by atoms with van der Waals surface area (Å²) in [5, 5.41) is 2.12. The molecule has 0 radical (unpaired) electrons. The molecule has 0 bridgehead atoms. The van der Waals surface area contributed by atoms with E-state index >= 15 is 0 Å². The highest BCUT2D eigenvalue weighted by molar-refractivity contribution is 5.94. The molecule has 0 saturated heterocycles. The Kier molecular flexibility index (Phi) is 4.80. The Morgan fingerprint density at radius 3 is 2.05 bits per heavy atom. The summed E-state index contributed by atoms with van der Waals surface area (Å²) in [6.07, 6.45) is -8.33. The molecule has 1 aromatic rings. The van der Waals surface area contributed by atoms with Crippen LogP contribution in [0.1, 0.15) is 15.9 Å². The average Bonchev–Trinajstić information content (AvgIpc) is 2.32. The Morgan fingerprint density at radius 2 is 1.60 bits per heavy atom. The lowest BCUT2D eigenvalue weighted by molar-refractivity contribution is -0.137. The topological polar surface area (TPSA) is 29.1 Å². The highest BCUT2D eigenvalue weighted by Gasteiger charge is 2.30. The van der Waals surface area contributed by atoms with Gasteiger partial charge < -0.3 is 5.32 Å². The Labute approximate surface area is 110 Å². The van der Waals surface area contributed by atoms with Gasteiger partial charge in [0.2, 0.25) is 0 Å². The van der Waals surface area contributed by atoms with E-state index in [0.717, 1.165) is 24.3 Å². The number of carbonyl (C=O) groups excluding carboxylic acids is 1. The number of allylic oxidation sites excluding steroid dienone is 1. The van der Waals surface area contributed by atoms with Crippen molar-refractivity contribution in [1.82, 2.24) is 5.32 Å². The monoisotopic (exact) mass is 297 g/mol. The maximum atomic E-state index is 12.3. The second kappa shape index (κ2) is 5.98. The molecule has 0 fully saturated rings. The number of rotatable bonds is 3. The zero-order valence-electron chi connectivity index (χ0n) is 9.85. The molecule has 1 aromatic carbocycles.